The van der Waals surface area contributed by atoms with E-state index in [4.69, 9.17) is 10.3 Å². The molecule has 0 bridgehead atoms. The lowest BCUT2D eigenvalue weighted by Gasteiger charge is -2.21. The van der Waals surface area contributed by atoms with Crippen LogP contribution in [-0.4, -0.2) is 28.7 Å². The van der Waals surface area contributed by atoms with Crippen LogP contribution in [0.3, 0.4) is 0 Å². The van der Waals surface area contributed by atoms with Gasteiger partial charge in [0.1, 0.15) is 11.4 Å². The van der Waals surface area contributed by atoms with Gasteiger partial charge in [-0.15, -0.1) is 0 Å². The molecule has 4 heteroatoms. The first-order valence-corrected chi connectivity index (χ1v) is 9.20. The zero-order valence-electron chi connectivity index (χ0n) is 14.9. The van der Waals surface area contributed by atoms with Gasteiger partial charge in [-0.1, -0.05) is 49.2 Å². The number of carbonyl (C=O) groups excluding carboxylic acids is 1. The van der Waals surface area contributed by atoms with Gasteiger partial charge in [0.25, 0.3) is 5.91 Å². The molecule has 26 heavy (non-hydrogen) atoms. The number of aliphatic imine (C=N–C) groups is 1. The first kappa shape index (κ1) is 16.5. The molecule has 130 valence electrons. The lowest BCUT2D eigenvalue weighted by molar-refractivity contribution is -0.130. The highest BCUT2D eigenvalue weighted by Gasteiger charge is 2.49. The maximum absolute atomic E-state index is 12.9. The molecule has 2 aromatic rings. The van der Waals surface area contributed by atoms with Gasteiger partial charge in [-0.3, -0.25) is 14.7 Å². The van der Waals surface area contributed by atoms with Crippen molar-refractivity contribution in [3.05, 3.63) is 59.7 Å². The van der Waals surface area contributed by atoms with Crippen molar-refractivity contribution in [3.8, 4) is 17.2 Å². The second kappa shape index (κ2) is 6.42. The number of rotatable bonds is 3. The van der Waals surface area contributed by atoms with Crippen molar-refractivity contribution >= 4 is 11.7 Å². The van der Waals surface area contributed by atoms with E-state index in [1.807, 2.05) is 54.3 Å². The normalized spacial score (nSPS) is 18.2. The lowest BCUT2D eigenvalue weighted by atomic mass is 9.98. The topological polar surface area (TPSA) is 56.5 Å². The minimum absolute atomic E-state index is 0.165. The second-order valence-corrected chi connectivity index (χ2v) is 6.99. The summed E-state index contributed by atoms with van der Waals surface area (Å²) in [6.07, 6.45) is 3.89. The van der Waals surface area contributed by atoms with Crippen molar-refractivity contribution in [2.45, 2.75) is 38.1 Å². The van der Waals surface area contributed by atoms with E-state index in [1.165, 1.54) is 0 Å². The maximum Gasteiger partial charge on any atom is 0.256 e. The monoisotopic (exact) mass is 343 g/mol. The van der Waals surface area contributed by atoms with E-state index in [1.54, 1.807) is 6.07 Å². The third-order valence-corrected chi connectivity index (χ3v) is 5.43. The first-order chi connectivity index (χ1) is 12.7. The average molecular weight is 343 g/mol. The average Bonchev–Trinajstić information content (AvgIpc) is 3.28. The van der Waals surface area contributed by atoms with Crippen LogP contribution in [0.2, 0.25) is 0 Å². The van der Waals surface area contributed by atoms with Crippen molar-refractivity contribution in [3.63, 3.8) is 0 Å². The van der Waals surface area contributed by atoms with Crippen LogP contribution in [0.1, 0.15) is 43.7 Å². The summed E-state index contributed by atoms with van der Waals surface area (Å²) in [5.74, 6) is 0.968. The van der Waals surface area contributed by atoms with Crippen LogP contribution in [0.5, 0.6) is 0 Å². The van der Waals surface area contributed by atoms with Gasteiger partial charge in [-0.2, -0.15) is 5.26 Å². The van der Waals surface area contributed by atoms with Crippen LogP contribution in [0.25, 0.3) is 11.1 Å². The number of hydrogen-bond acceptors (Lipinski definition) is 3. The van der Waals surface area contributed by atoms with Gasteiger partial charge in [0, 0.05) is 12.1 Å². The van der Waals surface area contributed by atoms with E-state index in [9.17, 15) is 4.79 Å². The molecule has 1 fully saturated rings. The molecule has 0 aromatic heterocycles. The van der Waals surface area contributed by atoms with Gasteiger partial charge >= 0.3 is 0 Å². The Kier molecular flexibility index (Phi) is 4.08. The van der Waals surface area contributed by atoms with Crippen LogP contribution in [0.15, 0.2) is 53.5 Å². The fraction of sp³-hybridized carbons (Fsp3) is 0.318. The Labute approximate surface area is 153 Å². The Bertz CT molecular complexity index is 915. The van der Waals surface area contributed by atoms with Crippen molar-refractivity contribution in [1.82, 2.24) is 4.90 Å². The highest BCUT2D eigenvalue weighted by molar-refractivity contribution is 6.15. The third-order valence-electron chi connectivity index (χ3n) is 5.43. The van der Waals surface area contributed by atoms with E-state index in [-0.39, 0.29) is 5.91 Å². The molecular weight excluding hydrogens is 322 g/mol. The smallest absolute Gasteiger partial charge is 0.256 e. The van der Waals surface area contributed by atoms with E-state index in [0.29, 0.717) is 12.1 Å². The molecular formula is C22H21N3O. The molecule has 0 atom stereocenters. The molecule has 1 spiro atoms. The lowest BCUT2D eigenvalue weighted by Crippen LogP contribution is -2.41. The number of amides is 1. The fourth-order valence-electron chi connectivity index (χ4n) is 4.04. The molecule has 1 aliphatic heterocycles. The molecule has 0 unspecified atom stereocenters. The fourth-order valence-corrected chi connectivity index (χ4v) is 4.04. The predicted octanol–water partition coefficient (Wildman–Crippen LogP) is 4.15. The minimum atomic E-state index is -0.509. The van der Waals surface area contributed by atoms with Gasteiger partial charge in [-0.05, 0) is 43.0 Å². The zero-order valence-corrected chi connectivity index (χ0v) is 14.9. The number of carbonyl (C=O) groups is 1. The molecule has 4 nitrogen and oxygen atoms in total. The molecule has 2 aliphatic rings. The number of hydrogen-bond donors (Lipinski definition) is 0. The van der Waals surface area contributed by atoms with Gasteiger partial charge in [-0.25, -0.2) is 0 Å². The van der Waals surface area contributed by atoms with Crippen molar-refractivity contribution < 1.29 is 4.79 Å². The van der Waals surface area contributed by atoms with Crippen LogP contribution in [0.4, 0.5) is 0 Å². The SMILES string of the molecule is CCN1C(=O)C2(CCCC2)N=C1c1ccc(-c2cccc(C#N)c2)cc1. The van der Waals surface area contributed by atoms with Crippen molar-refractivity contribution in [1.29, 1.82) is 5.26 Å². The number of nitriles is 1. The van der Waals surface area contributed by atoms with Crippen LogP contribution in [0, 0.1) is 11.3 Å². The van der Waals surface area contributed by atoms with Crippen LogP contribution < -0.4 is 0 Å². The van der Waals surface area contributed by atoms with Gasteiger partial charge < -0.3 is 0 Å². The summed E-state index contributed by atoms with van der Waals surface area (Å²) in [6.45, 7) is 2.65. The largest absolute Gasteiger partial charge is 0.295 e. The van der Waals surface area contributed by atoms with Gasteiger partial charge in [0.05, 0.1) is 11.6 Å². The van der Waals surface area contributed by atoms with Crippen LogP contribution >= 0.6 is 0 Å². The van der Waals surface area contributed by atoms with E-state index < -0.39 is 5.54 Å². The number of nitrogens with zero attached hydrogens (tertiary/aromatic N) is 3. The first-order valence-electron chi connectivity index (χ1n) is 9.20. The molecule has 1 aliphatic carbocycles. The van der Waals surface area contributed by atoms with Crippen molar-refractivity contribution in [2.75, 3.05) is 6.54 Å². The molecule has 1 saturated carbocycles. The minimum Gasteiger partial charge on any atom is -0.295 e. The summed E-state index contributed by atoms with van der Waals surface area (Å²) < 4.78 is 0. The number of amidine groups is 1. The Balaban J connectivity index is 1.68. The van der Waals surface area contributed by atoms with Gasteiger partial charge in [0.15, 0.2) is 0 Å². The Morgan fingerprint density at radius 1 is 1.08 bits per heavy atom. The Hall–Kier alpha value is -2.93. The van der Waals surface area contributed by atoms with Gasteiger partial charge in [0.2, 0.25) is 0 Å². The van der Waals surface area contributed by atoms with E-state index in [0.717, 1.165) is 48.2 Å². The molecule has 2 aromatic carbocycles. The van der Waals surface area contributed by atoms with Crippen molar-refractivity contribution in [2.24, 2.45) is 4.99 Å². The number of likely N-dealkylation sites (N-methyl/N-ethyl adjacent to an activating group) is 1. The summed E-state index contributed by atoms with van der Waals surface area (Å²) in [5.41, 5.74) is 3.18. The quantitative estimate of drug-likeness (QED) is 0.841. The highest BCUT2D eigenvalue weighted by Crippen LogP contribution is 2.39. The molecule has 1 amide bonds. The van der Waals surface area contributed by atoms with E-state index >= 15 is 0 Å². The van der Waals surface area contributed by atoms with E-state index in [2.05, 4.69) is 6.07 Å². The second-order valence-electron chi connectivity index (χ2n) is 6.99. The highest BCUT2D eigenvalue weighted by atomic mass is 16.2. The molecule has 0 radical (unpaired) electrons. The summed E-state index contributed by atoms with van der Waals surface area (Å²) >= 11 is 0. The maximum atomic E-state index is 12.9. The zero-order chi connectivity index (χ0) is 18.1. The third kappa shape index (κ3) is 2.61. The summed E-state index contributed by atoms with van der Waals surface area (Å²) in [7, 11) is 0. The molecule has 1 heterocycles. The summed E-state index contributed by atoms with van der Waals surface area (Å²) in [4.78, 5) is 19.6. The molecule has 0 N–H and O–H groups in total. The summed E-state index contributed by atoms with van der Waals surface area (Å²) in [6, 6.07) is 17.9. The predicted molar refractivity (Wildman–Crippen MR) is 102 cm³/mol. The summed E-state index contributed by atoms with van der Waals surface area (Å²) in [5, 5.41) is 9.08. The number of benzene rings is 2. The Morgan fingerprint density at radius 3 is 2.42 bits per heavy atom. The molecule has 0 saturated heterocycles. The standard InChI is InChI=1S/C22H21N3O/c1-2-25-20(24-22(21(25)26)12-3-4-13-22)18-10-8-17(9-11-18)19-7-5-6-16(14-19)15-23/h5-11,14H,2-4,12-13H2,1H3. The molecule has 4 rings (SSSR count). The Morgan fingerprint density at radius 2 is 1.77 bits per heavy atom. The van der Waals surface area contributed by atoms with Crippen LogP contribution in [-0.2, 0) is 4.79 Å².